The van der Waals surface area contributed by atoms with Gasteiger partial charge in [-0.3, -0.25) is 4.79 Å². The first-order valence-corrected chi connectivity index (χ1v) is 14.9. The maximum Gasteiger partial charge on any atom is 0.253 e. The molecule has 214 valence electrons. The van der Waals surface area contributed by atoms with Crippen LogP contribution in [0.1, 0.15) is 67.4 Å². The van der Waals surface area contributed by atoms with E-state index in [0.29, 0.717) is 28.9 Å². The molecule has 8 nitrogen and oxygen atoms in total. The van der Waals surface area contributed by atoms with Gasteiger partial charge in [-0.25, -0.2) is 9.37 Å². The molecule has 0 radical (unpaired) electrons. The van der Waals surface area contributed by atoms with Crippen LogP contribution in [0.15, 0.2) is 41.1 Å². The van der Waals surface area contributed by atoms with Crippen molar-refractivity contribution < 1.29 is 18.4 Å². The van der Waals surface area contributed by atoms with Crippen LogP contribution in [0.5, 0.6) is 0 Å². The molecule has 3 aliphatic rings. The van der Waals surface area contributed by atoms with Crippen LogP contribution in [-0.4, -0.2) is 72.9 Å². The Morgan fingerprint density at radius 2 is 1.82 bits per heavy atom. The average Bonchev–Trinajstić information content (AvgIpc) is 3.41. The van der Waals surface area contributed by atoms with Crippen molar-refractivity contribution in [3.05, 3.63) is 53.6 Å². The zero-order valence-corrected chi connectivity index (χ0v) is 23.4. The second-order valence-electron chi connectivity index (χ2n) is 11.9. The number of anilines is 1. The number of nitrogens with one attached hydrogen (secondary N) is 1. The molecule has 40 heavy (non-hydrogen) atoms. The fourth-order valence-electron chi connectivity index (χ4n) is 6.77. The highest BCUT2D eigenvalue weighted by atomic mass is 19.1. The molecule has 9 heteroatoms. The molecule has 4 heterocycles. The number of hydrogen-bond acceptors (Lipinski definition) is 7. The minimum atomic E-state index is -0.290. The molecule has 1 N–H and O–H groups in total. The van der Waals surface area contributed by atoms with Gasteiger partial charge in [0.05, 0.1) is 24.5 Å². The summed E-state index contributed by atoms with van der Waals surface area (Å²) >= 11 is 0. The summed E-state index contributed by atoms with van der Waals surface area (Å²) in [5.74, 6) is 2.27. The Hall–Kier alpha value is -3.04. The average molecular weight is 550 g/mol. The molecule has 6 rings (SSSR count). The van der Waals surface area contributed by atoms with Crippen molar-refractivity contribution in [2.24, 2.45) is 11.8 Å². The number of pyridine rings is 1. The molecular formula is C31H40FN5O3. The zero-order valence-electron chi connectivity index (χ0n) is 23.4. The summed E-state index contributed by atoms with van der Waals surface area (Å²) in [6.45, 7) is 8.70. The van der Waals surface area contributed by atoms with Gasteiger partial charge in [0.15, 0.2) is 5.58 Å². The number of morpholine rings is 1. The fraction of sp³-hybridized carbons (Fsp3) is 0.581. The van der Waals surface area contributed by atoms with Crippen LogP contribution in [0.3, 0.4) is 0 Å². The summed E-state index contributed by atoms with van der Waals surface area (Å²) in [5, 5.41) is 8.48. The summed E-state index contributed by atoms with van der Waals surface area (Å²) in [4.78, 5) is 22.2. The van der Waals surface area contributed by atoms with Crippen molar-refractivity contribution in [3.63, 3.8) is 0 Å². The van der Waals surface area contributed by atoms with E-state index in [-0.39, 0.29) is 17.8 Å². The number of benzene rings is 1. The number of nitrogens with zero attached hydrogens (tertiary/aromatic N) is 4. The van der Waals surface area contributed by atoms with Crippen LogP contribution in [-0.2, 0) is 4.74 Å². The Morgan fingerprint density at radius 3 is 2.55 bits per heavy atom. The topological polar surface area (TPSA) is 83.7 Å². The number of halogens is 1. The molecule has 1 unspecified atom stereocenters. The predicted octanol–water partition coefficient (Wildman–Crippen LogP) is 5.00. The third kappa shape index (κ3) is 6.15. The van der Waals surface area contributed by atoms with Crippen LogP contribution >= 0.6 is 0 Å². The van der Waals surface area contributed by atoms with Crippen LogP contribution in [0, 0.1) is 17.7 Å². The highest BCUT2D eigenvalue weighted by Gasteiger charge is 2.30. The molecule has 1 amide bonds. The summed E-state index contributed by atoms with van der Waals surface area (Å²) in [6, 6.07) is 8.76. The molecule has 3 fully saturated rings. The SMILES string of the molecule is CC(CN1CCC(c2noc3cc(F)ccc23)CC1)C1CCC(NC(=O)c2ccc(N3CCOCC3)nc2)CC1. The molecular weight excluding hydrogens is 509 g/mol. The number of hydrogen-bond donors (Lipinski definition) is 1. The van der Waals surface area contributed by atoms with Crippen molar-refractivity contribution in [1.82, 2.24) is 20.4 Å². The number of amides is 1. The number of carbonyl (C=O) groups excluding carboxylic acids is 1. The number of likely N-dealkylation sites (tertiary alicyclic amines) is 1. The second kappa shape index (κ2) is 12.2. The van der Waals surface area contributed by atoms with Gasteiger partial charge in [-0.05, 0) is 87.7 Å². The third-order valence-electron chi connectivity index (χ3n) is 9.24. The Kier molecular flexibility index (Phi) is 8.30. The van der Waals surface area contributed by atoms with Gasteiger partial charge in [0, 0.05) is 49.2 Å². The van der Waals surface area contributed by atoms with Crippen LogP contribution in [0.25, 0.3) is 11.0 Å². The van der Waals surface area contributed by atoms with Gasteiger partial charge in [-0.1, -0.05) is 12.1 Å². The van der Waals surface area contributed by atoms with E-state index >= 15 is 0 Å². The summed E-state index contributed by atoms with van der Waals surface area (Å²) in [7, 11) is 0. The first kappa shape index (κ1) is 27.1. The minimum absolute atomic E-state index is 0.0228. The summed E-state index contributed by atoms with van der Waals surface area (Å²) < 4.78 is 24.3. The van der Waals surface area contributed by atoms with Gasteiger partial charge in [0.2, 0.25) is 0 Å². The second-order valence-corrected chi connectivity index (χ2v) is 11.9. The van der Waals surface area contributed by atoms with Gasteiger partial charge < -0.3 is 24.4 Å². The lowest BCUT2D eigenvalue weighted by atomic mass is 9.78. The van der Waals surface area contributed by atoms with E-state index in [2.05, 4.69) is 32.2 Å². The molecule has 2 aromatic heterocycles. The van der Waals surface area contributed by atoms with Gasteiger partial charge in [-0.2, -0.15) is 0 Å². The largest absolute Gasteiger partial charge is 0.378 e. The molecule has 0 spiro atoms. The zero-order chi connectivity index (χ0) is 27.5. The molecule has 1 aliphatic carbocycles. The Balaban J connectivity index is 0.929. The Labute approximate surface area is 235 Å². The van der Waals surface area contributed by atoms with Crippen molar-refractivity contribution >= 4 is 22.7 Å². The number of piperidine rings is 1. The smallest absolute Gasteiger partial charge is 0.253 e. The van der Waals surface area contributed by atoms with E-state index in [1.54, 1.807) is 12.3 Å². The third-order valence-corrected chi connectivity index (χ3v) is 9.24. The number of ether oxygens (including phenoxy) is 1. The van der Waals surface area contributed by atoms with E-state index in [1.807, 2.05) is 12.1 Å². The molecule has 1 atom stereocenters. The molecule has 3 aromatic rings. The number of rotatable bonds is 7. The highest BCUT2D eigenvalue weighted by Crippen LogP contribution is 2.35. The molecule has 0 bridgehead atoms. The standard InChI is InChI=1S/C31H40FN5O3/c1-21(20-36-12-10-23(11-13-36)30-27-8-5-25(32)18-28(27)40-35-30)22-2-6-26(7-3-22)34-31(38)24-4-9-29(33-19-24)37-14-16-39-17-15-37/h4-5,8-9,18-19,21-23,26H,2-3,6-7,10-17,20H2,1H3,(H,34,38). The Morgan fingerprint density at radius 1 is 1.05 bits per heavy atom. The minimum Gasteiger partial charge on any atom is -0.378 e. The van der Waals surface area contributed by atoms with Crippen molar-refractivity contribution in [3.8, 4) is 0 Å². The maximum atomic E-state index is 13.5. The lowest BCUT2D eigenvalue weighted by molar-refractivity contribution is 0.0907. The molecule has 1 saturated carbocycles. The fourth-order valence-corrected chi connectivity index (χ4v) is 6.77. The van der Waals surface area contributed by atoms with Crippen LogP contribution in [0.2, 0.25) is 0 Å². The van der Waals surface area contributed by atoms with E-state index in [1.165, 1.54) is 12.1 Å². The molecule has 2 aliphatic heterocycles. The van der Waals surface area contributed by atoms with Crippen LogP contribution in [0.4, 0.5) is 10.2 Å². The lowest BCUT2D eigenvalue weighted by Crippen LogP contribution is -2.41. The molecule has 2 saturated heterocycles. The van der Waals surface area contributed by atoms with Gasteiger partial charge in [-0.15, -0.1) is 0 Å². The monoisotopic (exact) mass is 549 g/mol. The first-order chi connectivity index (χ1) is 19.5. The summed E-state index contributed by atoms with van der Waals surface area (Å²) in [6.07, 6.45) is 8.15. The maximum absolute atomic E-state index is 13.5. The summed E-state index contributed by atoms with van der Waals surface area (Å²) in [5.41, 5.74) is 2.14. The number of aromatic nitrogens is 2. The van der Waals surface area contributed by atoms with Crippen molar-refractivity contribution in [1.29, 1.82) is 0 Å². The van der Waals surface area contributed by atoms with Crippen molar-refractivity contribution in [2.45, 2.75) is 57.4 Å². The van der Waals surface area contributed by atoms with E-state index in [0.717, 1.165) is 101 Å². The van der Waals surface area contributed by atoms with E-state index in [9.17, 15) is 9.18 Å². The predicted molar refractivity (Wildman–Crippen MR) is 152 cm³/mol. The van der Waals surface area contributed by atoms with Gasteiger partial charge >= 0.3 is 0 Å². The van der Waals surface area contributed by atoms with Crippen molar-refractivity contribution in [2.75, 3.05) is 50.8 Å². The normalized spacial score (nSPS) is 23.8. The van der Waals surface area contributed by atoms with E-state index < -0.39 is 0 Å². The van der Waals surface area contributed by atoms with Gasteiger partial charge in [0.25, 0.3) is 5.91 Å². The number of fused-ring (bicyclic) bond motifs is 1. The van der Waals surface area contributed by atoms with E-state index in [4.69, 9.17) is 9.26 Å². The lowest BCUT2D eigenvalue weighted by Gasteiger charge is -2.37. The first-order valence-electron chi connectivity index (χ1n) is 14.9. The van der Waals surface area contributed by atoms with Gasteiger partial charge in [0.1, 0.15) is 11.6 Å². The number of carbonyl (C=O) groups is 1. The quantitative estimate of drug-likeness (QED) is 0.444. The Bertz CT molecular complexity index is 1280. The molecule has 1 aromatic carbocycles. The highest BCUT2D eigenvalue weighted by molar-refractivity contribution is 5.94. The van der Waals surface area contributed by atoms with Crippen LogP contribution < -0.4 is 10.2 Å².